The van der Waals surface area contributed by atoms with Gasteiger partial charge in [-0.3, -0.25) is 9.59 Å². The van der Waals surface area contributed by atoms with Crippen molar-refractivity contribution in [2.24, 2.45) is 5.92 Å². The summed E-state index contributed by atoms with van der Waals surface area (Å²) in [5, 5.41) is 3.06. The van der Waals surface area contributed by atoms with E-state index >= 15 is 0 Å². The van der Waals surface area contributed by atoms with Gasteiger partial charge < -0.3 is 10.2 Å². The van der Waals surface area contributed by atoms with Crippen LogP contribution in [-0.2, 0) is 24.2 Å². The van der Waals surface area contributed by atoms with Crippen molar-refractivity contribution < 1.29 is 9.59 Å². The van der Waals surface area contributed by atoms with Gasteiger partial charge in [0.05, 0.1) is 4.88 Å². The summed E-state index contributed by atoms with van der Waals surface area (Å²) in [6.07, 6.45) is 2.46. The Labute approximate surface area is 152 Å². The number of carbonyl (C=O) groups is 2. The molecule has 1 aromatic carbocycles. The van der Waals surface area contributed by atoms with E-state index in [4.69, 9.17) is 0 Å². The molecule has 0 saturated heterocycles. The number of carbonyl (C=O) groups excluding carboxylic acids is 2. The third kappa shape index (κ3) is 4.10. The molecule has 4 nitrogen and oxygen atoms in total. The molecule has 0 bridgehead atoms. The van der Waals surface area contributed by atoms with Crippen LogP contribution in [0.3, 0.4) is 0 Å². The molecule has 0 fully saturated rings. The lowest BCUT2D eigenvalue weighted by Crippen LogP contribution is -2.33. The van der Waals surface area contributed by atoms with Crippen LogP contribution >= 0.6 is 11.3 Å². The van der Waals surface area contributed by atoms with Crippen LogP contribution < -0.4 is 5.32 Å². The summed E-state index contributed by atoms with van der Waals surface area (Å²) in [5.74, 6) is 0.146. The molecular weight excluding hydrogens is 332 g/mol. The first-order valence-electron chi connectivity index (χ1n) is 8.60. The van der Waals surface area contributed by atoms with Gasteiger partial charge in [-0.25, -0.2) is 0 Å². The Hall–Kier alpha value is -2.14. The van der Waals surface area contributed by atoms with E-state index in [-0.39, 0.29) is 17.7 Å². The number of rotatable bonds is 4. The first kappa shape index (κ1) is 17.7. The Morgan fingerprint density at radius 2 is 2.08 bits per heavy atom. The summed E-state index contributed by atoms with van der Waals surface area (Å²) in [6.45, 7) is 2.62. The topological polar surface area (TPSA) is 49.4 Å². The van der Waals surface area contributed by atoms with E-state index in [1.165, 1.54) is 10.4 Å². The van der Waals surface area contributed by atoms with Crippen LogP contribution in [0.5, 0.6) is 0 Å². The van der Waals surface area contributed by atoms with Crippen molar-refractivity contribution in [3.63, 3.8) is 0 Å². The van der Waals surface area contributed by atoms with Crippen LogP contribution in [0.1, 0.15) is 37.7 Å². The molecule has 5 heteroatoms. The van der Waals surface area contributed by atoms with E-state index < -0.39 is 0 Å². The minimum atomic E-state index is -0.00535. The lowest BCUT2D eigenvalue weighted by molar-refractivity contribution is -0.125. The number of fused-ring (bicyclic) bond motifs is 1. The molecule has 0 radical (unpaired) electrons. The molecular formula is C20H24N2O2S. The zero-order valence-corrected chi connectivity index (χ0v) is 15.8. The highest BCUT2D eigenvalue weighted by Gasteiger charge is 2.27. The van der Waals surface area contributed by atoms with E-state index in [9.17, 15) is 9.59 Å². The highest BCUT2D eigenvalue weighted by molar-refractivity contribution is 7.14. The van der Waals surface area contributed by atoms with Gasteiger partial charge in [-0.1, -0.05) is 29.8 Å². The third-order valence-electron chi connectivity index (χ3n) is 4.62. The van der Waals surface area contributed by atoms with Crippen molar-refractivity contribution in [3.8, 4) is 0 Å². The number of thiophene rings is 1. The molecule has 2 aromatic rings. The highest BCUT2D eigenvalue weighted by atomic mass is 32.1. The monoisotopic (exact) mass is 356 g/mol. The van der Waals surface area contributed by atoms with Gasteiger partial charge in [-0.15, -0.1) is 11.3 Å². The first-order chi connectivity index (χ1) is 11.9. The normalized spacial score (nSPS) is 16.2. The van der Waals surface area contributed by atoms with Crippen molar-refractivity contribution in [3.05, 3.63) is 56.8 Å². The minimum absolute atomic E-state index is 0.00535. The summed E-state index contributed by atoms with van der Waals surface area (Å²) in [6, 6.07) is 10.2. The SMILES string of the molecule is Cc1cccc(CNC(=O)C2CCc3sc(C(=O)N(C)C)cc3C2)c1. The lowest BCUT2D eigenvalue weighted by atomic mass is 9.87. The molecule has 1 N–H and O–H groups in total. The smallest absolute Gasteiger partial charge is 0.263 e. The highest BCUT2D eigenvalue weighted by Crippen LogP contribution is 2.33. The largest absolute Gasteiger partial charge is 0.352 e. The number of benzene rings is 1. The molecule has 0 spiro atoms. The fourth-order valence-electron chi connectivity index (χ4n) is 3.23. The predicted molar refractivity (Wildman–Crippen MR) is 101 cm³/mol. The second-order valence-corrected chi connectivity index (χ2v) is 8.04. The second-order valence-electron chi connectivity index (χ2n) is 6.91. The Balaban J connectivity index is 1.62. The Bertz CT molecular complexity index is 795. The van der Waals surface area contributed by atoms with Crippen molar-refractivity contribution in [1.82, 2.24) is 10.2 Å². The standard InChI is InChI=1S/C20H24N2O2S/c1-13-5-4-6-14(9-13)12-21-19(23)15-7-8-17-16(10-15)11-18(25-17)20(24)22(2)3/h4-6,9,11,15H,7-8,10,12H2,1-3H3,(H,21,23). The molecule has 1 unspecified atom stereocenters. The van der Waals surface area contributed by atoms with Crippen LogP contribution in [0.4, 0.5) is 0 Å². The second kappa shape index (κ2) is 7.40. The number of aryl methyl sites for hydroxylation is 2. The number of hydrogen-bond acceptors (Lipinski definition) is 3. The molecule has 3 rings (SSSR count). The van der Waals surface area contributed by atoms with Crippen LogP contribution in [0, 0.1) is 12.8 Å². The first-order valence-corrected chi connectivity index (χ1v) is 9.42. The average molecular weight is 356 g/mol. The van der Waals surface area contributed by atoms with Crippen LogP contribution in [0.25, 0.3) is 0 Å². The maximum absolute atomic E-state index is 12.5. The van der Waals surface area contributed by atoms with Gasteiger partial charge >= 0.3 is 0 Å². The lowest BCUT2D eigenvalue weighted by Gasteiger charge is -2.21. The quantitative estimate of drug-likeness (QED) is 0.915. The van der Waals surface area contributed by atoms with E-state index in [1.54, 1.807) is 30.3 Å². The molecule has 132 valence electrons. The van der Waals surface area contributed by atoms with Crippen molar-refractivity contribution in [1.29, 1.82) is 0 Å². The molecule has 1 aliphatic carbocycles. The van der Waals surface area contributed by atoms with Crippen molar-refractivity contribution in [2.75, 3.05) is 14.1 Å². The minimum Gasteiger partial charge on any atom is -0.352 e. The number of nitrogens with zero attached hydrogens (tertiary/aromatic N) is 1. The zero-order valence-electron chi connectivity index (χ0n) is 15.0. The molecule has 1 aliphatic rings. The Kier molecular flexibility index (Phi) is 5.23. The van der Waals surface area contributed by atoms with Gasteiger partial charge in [0.1, 0.15) is 0 Å². The number of hydrogen-bond donors (Lipinski definition) is 1. The van der Waals surface area contributed by atoms with E-state index in [0.29, 0.717) is 6.54 Å². The molecule has 1 aromatic heterocycles. The van der Waals surface area contributed by atoms with Crippen molar-refractivity contribution >= 4 is 23.2 Å². The van der Waals surface area contributed by atoms with Gasteiger partial charge in [-0.2, -0.15) is 0 Å². The Morgan fingerprint density at radius 1 is 1.28 bits per heavy atom. The fourth-order valence-corrected chi connectivity index (χ4v) is 4.46. The maximum Gasteiger partial charge on any atom is 0.263 e. The van der Waals surface area contributed by atoms with Crippen LogP contribution in [0.15, 0.2) is 30.3 Å². The van der Waals surface area contributed by atoms with Gasteiger partial charge in [0.2, 0.25) is 5.91 Å². The molecule has 0 saturated carbocycles. The summed E-state index contributed by atoms with van der Waals surface area (Å²) in [7, 11) is 3.53. The molecule has 1 atom stereocenters. The maximum atomic E-state index is 12.5. The third-order valence-corrected chi connectivity index (χ3v) is 5.84. The summed E-state index contributed by atoms with van der Waals surface area (Å²) < 4.78 is 0. The summed E-state index contributed by atoms with van der Waals surface area (Å²) in [4.78, 5) is 28.3. The van der Waals surface area contributed by atoms with Crippen molar-refractivity contribution in [2.45, 2.75) is 32.7 Å². The van der Waals surface area contributed by atoms with Gasteiger partial charge in [-0.05, 0) is 43.4 Å². The Morgan fingerprint density at radius 3 is 2.80 bits per heavy atom. The van der Waals surface area contributed by atoms with Gasteiger partial charge in [0, 0.05) is 31.4 Å². The van der Waals surface area contributed by atoms with Crippen LogP contribution in [0.2, 0.25) is 0 Å². The fraction of sp³-hybridized carbons (Fsp3) is 0.400. The number of amides is 2. The summed E-state index contributed by atoms with van der Waals surface area (Å²) in [5.41, 5.74) is 3.49. The molecule has 25 heavy (non-hydrogen) atoms. The molecule has 1 heterocycles. The van der Waals surface area contributed by atoms with Gasteiger partial charge in [0.25, 0.3) is 5.91 Å². The van der Waals surface area contributed by atoms with E-state index in [1.807, 2.05) is 18.2 Å². The predicted octanol–water partition coefficient (Wildman–Crippen LogP) is 3.18. The van der Waals surface area contributed by atoms with E-state index in [0.717, 1.165) is 35.3 Å². The van der Waals surface area contributed by atoms with Gasteiger partial charge in [0.15, 0.2) is 0 Å². The van der Waals surface area contributed by atoms with E-state index in [2.05, 4.69) is 24.4 Å². The zero-order chi connectivity index (χ0) is 18.0. The number of nitrogens with one attached hydrogen (secondary N) is 1. The molecule has 0 aliphatic heterocycles. The van der Waals surface area contributed by atoms with Crippen LogP contribution in [-0.4, -0.2) is 30.8 Å². The molecule has 2 amide bonds. The summed E-state index contributed by atoms with van der Waals surface area (Å²) >= 11 is 1.57. The average Bonchev–Trinajstić information content (AvgIpc) is 3.02.